The van der Waals surface area contributed by atoms with Crippen LogP contribution in [0.3, 0.4) is 0 Å². The number of nitrogens with one attached hydrogen (secondary N) is 1. The number of anilines is 1. The molecule has 2 aromatic heterocycles. The normalized spacial score (nSPS) is 10.8. The quantitative estimate of drug-likeness (QED) is 0.780. The molecule has 0 aliphatic heterocycles. The highest BCUT2D eigenvalue weighted by molar-refractivity contribution is 7.15. The molecule has 3 aromatic rings. The van der Waals surface area contributed by atoms with Crippen molar-refractivity contribution in [2.75, 3.05) is 25.5 Å². The van der Waals surface area contributed by atoms with E-state index in [4.69, 9.17) is 0 Å². The lowest BCUT2D eigenvalue weighted by Gasteiger charge is -2.13. The van der Waals surface area contributed by atoms with Gasteiger partial charge in [0.25, 0.3) is 5.91 Å². The van der Waals surface area contributed by atoms with Gasteiger partial charge in [0.05, 0.1) is 0 Å². The highest BCUT2D eigenvalue weighted by atomic mass is 32.1. The Balaban J connectivity index is 1.60. The Morgan fingerprint density at radius 3 is 3.09 bits per heavy atom. The maximum atomic E-state index is 12.2. The third-order valence-electron chi connectivity index (χ3n) is 3.42. The van der Waals surface area contributed by atoms with E-state index < -0.39 is 0 Å². The predicted octanol–water partition coefficient (Wildman–Crippen LogP) is 1.83. The summed E-state index contributed by atoms with van der Waals surface area (Å²) in [5.41, 5.74) is 2.79. The second-order valence-electron chi connectivity index (χ2n) is 5.16. The SMILES string of the molecule is CN(C)c1cccc(C(=O)NCCc2csc3nncn23)c1. The van der Waals surface area contributed by atoms with Crippen molar-refractivity contribution in [1.29, 1.82) is 0 Å². The van der Waals surface area contributed by atoms with Gasteiger partial charge in [-0.05, 0) is 18.2 Å². The Kier molecular flexibility index (Phi) is 4.06. The number of benzene rings is 1. The number of carbonyl (C=O) groups excluding carboxylic acids is 1. The molecule has 22 heavy (non-hydrogen) atoms. The van der Waals surface area contributed by atoms with Gasteiger partial charge in [0, 0.05) is 49.4 Å². The van der Waals surface area contributed by atoms with Crippen molar-refractivity contribution in [3.05, 3.63) is 47.2 Å². The van der Waals surface area contributed by atoms with E-state index in [1.807, 2.05) is 53.0 Å². The van der Waals surface area contributed by atoms with Gasteiger partial charge < -0.3 is 10.2 Å². The highest BCUT2D eigenvalue weighted by Gasteiger charge is 2.08. The Morgan fingerprint density at radius 1 is 1.41 bits per heavy atom. The van der Waals surface area contributed by atoms with Gasteiger partial charge in [-0.3, -0.25) is 9.20 Å². The molecule has 0 unspecified atom stereocenters. The van der Waals surface area contributed by atoms with E-state index in [1.54, 1.807) is 17.7 Å². The van der Waals surface area contributed by atoms with E-state index in [1.165, 1.54) is 0 Å². The number of hydrogen-bond donors (Lipinski definition) is 1. The molecule has 0 atom stereocenters. The molecule has 0 saturated carbocycles. The lowest BCUT2D eigenvalue weighted by atomic mass is 10.2. The van der Waals surface area contributed by atoms with Crippen molar-refractivity contribution in [3.8, 4) is 0 Å². The Labute approximate surface area is 132 Å². The van der Waals surface area contributed by atoms with E-state index >= 15 is 0 Å². The van der Waals surface area contributed by atoms with Crippen LogP contribution in [0.1, 0.15) is 16.1 Å². The van der Waals surface area contributed by atoms with Crippen LogP contribution in [0.15, 0.2) is 36.0 Å². The van der Waals surface area contributed by atoms with E-state index in [-0.39, 0.29) is 5.91 Å². The van der Waals surface area contributed by atoms with Crippen molar-refractivity contribution < 1.29 is 4.79 Å². The molecule has 0 fully saturated rings. The minimum atomic E-state index is -0.0565. The predicted molar refractivity (Wildman–Crippen MR) is 87.7 cm³/mol. The molecule has 0 aliphatic rings. The van der Waals surface area contributed by atoms with E-state index in [9.17, 15) is 4.79 Å². The third-order valence-corrected chi connectivity index (χ3v) is 4.30. The lowest BCUT2D eigenvalue weighted by molar-refractivity contribution is 0.0954. The first-order chi connectivity index (χ1) is 10.6. The first-order valence-corrected chi connectivity index (χ1v) is 7.85. The zero-order chi connectivity index (χ0) is 15.5. The van der Waals surface area contributed by atoms with Crippen LogP contribution in [-0.4, -0.2) is 41.1 Å². The van der Waals surface area contributed by atoms with Crippen LogP contribution in [0.2, 0.25) is 0 Å². The van der Waals surface area contributed by atoms with Crippen LogP contribution in [0.25, 0.3) is 4.96 Å². The summed E-state index contributed by atoms with van der Waals surface area (Å²) in [6.45, 7) is 0.578. The van der Waals surface area contributed by atoms with Crippen molar-refractivity contribution in [1.82, 2.24) is 19.9 Å². The summed E-state index contributed by atoms with van der Waals surface area (Å²) in [4.78, 5) is 15.1. The largest absolute Gasteiger partial charge is 0.378 e. The zero-order valence-electron chi connectivity index (χ0n) is 12.5. The van der Waals surface area contributed by atoms with E-state index in [0.717, 1.165) is 22.8 Å². The summed E-state index contributed by atoms with van der Waals surface area (Å²) in [6.07, 6.45) is 2.45. The van der Waals surface area contributed by atoms with Gasteiger partial charge in [-0.1, -0.05) is 6.07 Å². The Bertz CT molecular complexity index is 792. The van der Waals surface area contributed by atoms with Gasteiger partial charge in [0.2, 0.25) is 4.96 Å². The van der Waals surface area contributed by atoms with Crippen molar-refractivity contribution in [2.24, 2.45) is 0 Å². The molecular weight excluding hydrogens is 298 g/mol. The van der Waals surface area contributed by atoms with Gasteiger partial charge in [-0.2, -0.15) is 0 Å². The molecule has 6 nitrogen and oxygen atoms in total. The van der Waals surface area contributed by atoms with Crippen LogP contribution in [-0.2, 0) is 6.42 Å². The smallest absolute Gasteiger partial charge is 0.251 e. The molecule has 2 heterocycles. The number of hydrogen-bond acceptors (Lipinski definition) is 5. The fourth-order valence-corrected chi connectivity index (χ4v) is 3.04. The van der Waals surface area contributed by atoms with Crippen LogP contribution < -0.4 is 10.2 Å². The average molecular weight is 315 g/mol. The molecule has 0 bridgehead atoms. The first-order valence-electron chi connectivity index (χ1n) is 6.97. The monoisotopic (exact) mass is 315 g/mol. The molecule has 3 rings (SSSR count). The van der Waals surface area contributed by atoms with Crippen LogP contribution in [0.5, 0.6) is 0 Å². The minimum Gasteiger partial charge on any atom is -0.378 e. The maximum Gasteiger partial charge on any atom is 0.251 e. The van der Waals surface area contributed by atoms with Gasteiger partial charge in [-0.15, -0.1) is 21.5 Å². The molecular formula is C15H17N5OS. The molecule has 7 heteroatoms. The summed E-state index contributed by atoms with van der Waals surface area (Å²) >= 11 is 1.55. The van der Waals surface area contributed by atoms with Gasteiger partial charge in [0.15, 0.2) is 0 Å². The minimum absolute atomic E-state index is 0.0565. The molecule has 1 aromatic carbocycles. The zero-order valence-corrected chi connectivity index (χ0v) is 13.3. The summed E-state index contributed by atoms with van der Waals surface area (Å²) < 4.78 is 1.95. The summed E-state index contributed by atoms with van der Waals surface area (Å²) in [7, 11) is 3.91. The van der Waals surface area contributed by atoms with Gasteiger partial charge in [-0.25, -0.2) is 0 Å². The standard InChI is InChI=1S/C15H17N5OS/c1-19(2)12-5-3-4-11(8-12)14(21)16-7-6-13-9-22-15-18-17-10-20(13)15/h3-5,8-10H,6-7H2,1-2H3,(H,16,21). The van der Waals surface area contributed by atoms with E-state index in [0.29, 0.717) is 12.1 Å². The molecule has 0 aliphatic carbocycles. The molecule has 114 valence electrons. The van der Waals surface area contributed by atoms with Crippen LogP contribution >= 0.6 is 11.3 Å². The number of carbonyl (C=O) groups is 1. The molecule has 0 radical (unpaired) electrons. The van der Waals surface area contributed by atoms with Gasteiger partial charge >= 0.3 is 0 Å². The molecule has 1 amide bonds. The number of nitrogens with zero attached hydrogens (tertiary/aromatic N) is 4. The van der Waals surface area contributed by atoms with Crippen molar-refractivity contribution in [2.45, 2.75) is 6.42 Å². The van der Waals surface area contributed by atoms with Crippen LogP contribution in [0.4, 0.5) is 5.69 Å². The summed E-state index contributed by atoms with van der Waals surface area (Å²) in [6, 6.07) is 7.58. The molecule has 0 spiro atoms. The number of aromatic nitrogens is 3. The maximum absolute atomic E-state index is 12.2. The molecule has 0 saturated heterocycles. The van der Waals surface area contributed by atoms with Crippen LogP contribution in [0, 0.1) is 0 Å². The topological polar surface area (TPSA) is 62.5 Å². The third kappa shape index (κ3) is 2.94. The lowest BCUT2D eigenvalue weighted by Crippen LogP contribution is -2.26. The van der Waals surface area contributed by atoms with Crippen molar-refractivity contribution >= 4 is 27.9 Å². The number of thiazole rings is 1. The van der Waals surface area contributed by atoms with Gasteiger partial charge in [0.1, 0.15) is 6.33 Å². The second kappa shape index (κ2) is 6.15. The molecule has 1 N–H and O–H groups in total. The fourth-order valence-electron chi connectivity index (χ4n) is 2.19. The van der Waals surface area contributed by atoms with E-state index in [2.05, 4.69) is 15.5 Å². The summed E-state index contributed by atoms with van der Waals surface area (Å²) in [5, 5.41) is 12.9. The highest BCUT2D eigenvalue weighted by Crippen LogP contribution is 2.14. The second-order valence-corrected chi connectivity index (χ2v) is 6.00. The Morgan fingerprint density at radius 2 is 2.27 bits per heavy atom. The average Bonchev–Trinajstić information content (AvgIpc) is 3.12. The first kappa shape index (κ1) is 14.5. The number of rotatable bonds is 5. The number of amides is 1. The fraction of sp³-hybridized carbons (Fsp3) is 0.267. The number of fused-ring (bicyclic) bond motifs is 1. The summed E-state index contributed by atoms with van der Waals surface area (Å²) in [5.74, 6) is -0.0565. The Hall–Kier alpha value is -2.41. The van der Waals surface area contributed by atoms with Crippen molar-refractivity contribution in [3.63, 3.8) is 0 Å².